The summed E-state index contributed by atoms with van der Waals surface area (Å²) in [5.41, 5.74) is 3.22. The van der Waals surface area contributed by atoms with Crippen LogP contribution in [0.5, 0.6) is 11.5 Å². The highest BCUT2D eigenvalue weighted by molar-refractivity contribution is 5.77. The van der Waals surface area contributed by atoms with Crippen LogP contribution in [0, 0.1) is 5.41 Å². The summed E-state index contributed by atoms with van der Waals surface area (Å²) in [6.07, 6.45) is 2.37. The maximum Gasteiger partial charge on any atom is 0.231 e. The van der Waals surface area contributed by atoms with Crippen LogP contribution in [0.1, 0.15) is 36.5 Å². The largest absolute Gasteiger partial charge is 0.454 e. The zero-order valence-electron chi connectivity index (χ0n) is 15.6. The van der Waals surface area contributed by atoms with Gasteiger partial charge in [-0.15, -0.1) is 0 Å². The monoisotopic (exact) mass is 367 g/mol. The lowest BCUT2D eigenvalue weighted by Crippen LogP contribution is -2.45. The Labute approximate surface area is 159 Å². The number of carbonyl (C=O) groups is 1. The molecule has 0 aromatic heterocycles. The lowest BCUT2D eigenvalue weighted by Gasteiger charge is -2.40. The van der Waals surface area contributed by atoms with Crippen molar-refractivity contribution >= 4 is 5.91 Å². The Kier molecular flexibility index (Phi) is 4.79. The lowest BCUT2D eigenvalue weighted by atomic mass is 9.76. The quantitative estimate of drug-likeness (QED) is 0.881. The van der Waals surface area contributed by atoms with Crippen molar-refractivity contribution in [2.24, 2.45) is 5.41 Å². The summed E-state index contributed by atoms with van der Waals surface area (Å²) >= 11 is 0. The number of carbonyl (C=O) groups excluding carboxylic acids is 1. The minimum absolute atomic E-state index is 0.0344. The number of fused-ring (bicyclic) bond motifs is 1. The topological polar surface area (TPSA) is 59.0 Å². The van der Waals surface area contributed by atoms with Gasteiger partial charge in [-0.05, 0) is 47.1 Å². The third-order valence-corrected chi connectivity index (χ3v) is 5.51. The first-order valence-corrected chi connectivity index (χ1v) is 9.40. The highest BCUT2D eigenvalue weighted by atomic mass is 16.7. The molecule has 142 valence electrons. The van der Waals surface area contributed by atoms with Gasteiger partial charge in [-0.2, -0.15) is 0 Å². The van der Waals surface area contributed by atoms with Crippen molar-refractivity contribution in [3.63, 3.8) is 0 Å². The first kappa shape index (κ1) is 17.9. The first-order chi connectivity index (χ1) is 13.0. The zero-order valence-corrected chi connectivity index (χ0v) is 15.6. The molecule has 2 heterocycles. The molecule has 1 N–H and O–H groups in total. The van der Waals surface area contributed by atoms with Gasteiger partial charge in [0.15, 0.2) is 11.5 Å². The van der Waals surface area contributed by atoms with E-state index in [1.54, 1.807) is 0 Å². The van der Waals surface area contributed by atoms with Crippen molar-refractivity contribution in [1.82, 2.24) is 4.90 Å². The van der Waals surface area contributed by atoms with E-state index in [1.165, 1.54) is 5.56 Å². The van der Waals surface area contributed by atoms with Gasteiger partial charge in [-0.1, -0.05) is 37.3 Å². The number of rotatable bonds is 5. The third kappa shape index (κ3) is 3.93. The van der Waals surface area contributed by atoms with Gasteiger partial charge in [0.1, 0.15) is 0 Å². The number of piperidine rings is 1. The number of ether oxygens (including phenoxy) is 2. The SMILES string of the molecule is C[C@@]1(Cc2ccc3c(c2)OCO3)CCC(=O)N(Cc2ccc(CO)cc2)C1. The van der Waals surface area contributed by atoms with Crippen LogP contribution in [0.3, 0.4) is 0 Å². The summed E-state index contributed by atoms with van der Waals surface area (Å²) in [6.45, 7) is 3.93. The molecule has 1 atom stereocenters. The molecule has 2 aromatic rings. The van der Waals surface area contributed by atoms with Gasteiger partial charge in [-0.3, -0.25) is 4.79 Å². The molecular weight excluding hydrogens is 342 g/mol. The molecule has 27 heavy (non-hydrogen) atoms. The van der Waals surface area contributed by atoms with Crippen molar-refractivity contribution in [2.45, 2.75) is 39.3 Å². The molecule has 1 fully saturated rings. The van der Waals surface area contributed by atoms with E-state index in [2.05, 4.69) is 19.1 Å². The Morgan fingerprint density at radius 2 is 1.74 bits per heavy atom. The van der Waals surface area contributed by atoms with Crippen LogP contribution in [0.2, 0.25) is 0 Å². The molecule has 2 aliphatic heterocycles. The van der Waals surface area contributed by atoms with Crippen LogP contribution in [0.4, 0.5) is 0 Å². The lowest BCUT2D eigenvalue weighted by molar-refractivity contribution is -0.137. The van der Waals surface area contributed by atoms with E-state index in [1.807, 2.05) is 35.2 Å². The molecule has 2 aromatic carbocycles. The predicted molar refractivity (Wildman–Crippen MR) is 101 cm³/mol. The van der Waals surface area contributed by atoms with Gasteiger partial charge in [0, 0.05) is 19.5 Å². The van der Waals surface area contributed by atoms with Gasteiger partial charge in [0.05, 0.1) is 6.61 Å². The molecule has 0 unspecified atom stereocenters. The van der Waals surface area contributed by atoms with E-state index >= 15 is 0 Å². The molecule has 0 radical (unpaired) electrons. The first-order valence-electron chi connectivity index (χ1n) is 9.40. The van der Waals surface area contributed by atoms with Crippen molar-refractivity contribution in [1.29, 1.82) is 0 Å². The number of nitrogens with zero attached hydrogens (tertiary/aromatic N) is 1. The number of benzene rings is 2. The molecule has 0 aliphatic carbocycles. The Balaban J connectivity index is 1.46. The molecule has 0 spiro atoms. The summed E-state index contributed by atoms with van der Waals surface area (Å²) in [4.78, 5) is 14.4. The second-order valence-electron chi connectivity index (χ2n) is 7.90. The van der Waals surface area contributed by atoms with Gasteiger partial charge >= 0.3 is 0 Å². The van der Waals surface area contributed by atoms with Crippen molar-refractivity contribution < 1.29 is 19.4 Å². The van der Waals surface area contributed by atoms with Crippen molar-refractivity contribution in [3.05, 3.63) is 59.2 Å². The maximum atomic E-state index is 12.5. The molecule has 0 bridgehead atoms. The van der Waals surface area contributed by atoms with Crippen LogP contribution in [-0.2, 0) is 24.4 Å². The van der Waals surface area contributed by atoms with Crippen molar-refractivity contribution in [3.8, 4) is 11.5 Å². The van der Waals surface area contributed by atoms with E-state index in [-0.39, 0.29) is 24.7 Å². The van der Waals surface area contributed by atoms with E-state index < -0.39 is 0 Å². The number of aliphatic hydroxyl groups excluding tert-OH is 1. The summed E-state index contributed by atoms with van der Waals surface area (Å²) in [7, 11) is 0. The Morgan fingerprint density at radius 1 is 1.04 bits per heavy atom. The summed E-state index contributed by atoms with van der Waals surface area (Å²) in [6, 6.07) is 13.9. The molecular formula is C22H25NO4. The highest BCUT2D eigenvalue weighted by Crippen LogP contribution is 2.38. The number of amides is 1. The molecule has 1 saturated heterocycles. The minimum Gasteiger partial charge on any atom is -0.454 e. The number of likely N-dealkylation sites (tertiary alicyclic amines) is 1. The molecule has 0 saturated carbocycles. The van der Waals surface area contributed by atoms with Gasteiger partial charge in [0.25, 0.3) is 0 Å². The van der Waals surface area contributed by atoms with Gasteiger partial charge < -0.3 is 19.5 Å². The zero-order chi connectivity index (χ0) is 18.9. The van der Waals surface area contributed by atoms with Crippen LogP contribution in [0.25, 0.3) is 0 Å². The average molecular weight is 367 g/mol. The number of aliphatic hydroxyl groups is 1. The van der Waals surface area contributed by atoms with Gasteiger partial charge in [0.2, 0.25) is 12.7 Å². The van der Waals surface area contributed by atoms with E-state index in [9.17, 15) is 9.90 Å². The maximum absolute atomic E-state index is 12.5. The Hall–Kier alpha value is -2.53. The second-order valence-corrected chi connectivity index (χ2v) is 7.90. The summed E-state index contributed by atoms with van der Waals surface area (Å²) < 4.78 is 10.9. The summed E-state index contributed by atoms with van der Waals surface area (Å²) in [5, 5.41) is 9.18. The molecule has 5 nitrogen and oxygen atoms in total. The second kappa shape index (κ2) is 7.24. The van der Waals surface area contributed by atoms with Gasteiger partial charge in [-0.25, -0.2) is 0 Å². The van der Waals surface area contributed by atoms with Crippen LogP contribution in [-0.4, -0.2) is 29.3 Å². The molecule has 1 amide bonds. The fourth-order valence-corrected chi connectivity index (χ4v) is 4.00. The van der Waals surface area contributed by atoms with E-state index in [0.29, 0.717) is 13.0 Å². The van der Waals surface area contributed by atoms with E-state index in [4.69, 9.17) is 9.47 Å². The molecule has 4 rings (SSSR count). The fourth-order valence-electron chi connectivity index (χ4n) is 4.00. The standard InChI is InChI=1S/C22H25NO4/c1-22(11-18-6-7-19-20(10-18)27-15-26-19)9-8-21(25)23(14-22)12-16-2-4-17(13-24)5-3-16/h2-7,10,24H,8-9,11-15H2,1H3/t22-/m0/s1. The third-order valence-electron chi connectivity index (χ3n) is 5.51. The fraction of sp³-hybridized carbons (Fsp3) is 0.409. The van der Waals surface area contributed by atoms with E-state index in [0.717, 1.165) is 42.0 Å². The summed E-state index contributed by atoms with van der Waals surface area (Å²) in [5.74, 6) is 1.82. The Bertz CT molecular complexity index is 833. The highest BCUT2D eigenvalue weighted by Gasteiger charge is 2.35. The van der Waals surface area contributed by atoms with Crippen LogP contribution in [0.15, 0.2) is 42.5 Å². The predicted octanol–water partition coefficient (Wildman–Crippen LogP) is 3.28. The van der Waals surface area contributed by atoms with Crippen molar-refractivity contribution in [2.75, 3.05) is 13.3 Å². The normalized spacial score (nSPS) is 21.6. The minimum atomic E-state index is 0.0344. The molecule has 5 heteroatoms. The van der Waals surface area contributed by atoms with Crippen LogP contribution >= 0.6 is 0 Å². The average Bonchev–Trinajstić information content (AvgIpc) is 3.13. The van der Waals surface area contributed by atoms with Crippen LogP contribution < -0.4 is 9.47 Å². The number of hydrogen-bond donors (Lipinski definition) is 1. The Morgan fingerprint density at radius 3 is 2.52 bits per heavy atom. The smallest absolute Gasteiger partial charge is 0.231 e. The molecule has 2 aliphatic rings. The number of hydrogen-bond acceptors (Lipinski definition) is 4.